The molecule has 0 radical (unpaired) electrons. The average Bonchev–Trinajstić information content (AvgIpc) is 3.26. The minimum Gasteiger partial charge on any atom is -0.493 e. The molecule has 154 valence electrons. The van der Waals surface area contributed by atoms with Crippen molar-refractivity contribution < 1.29 is 23.8 Å². The molecule has 0 aromatic heterocycles. The van der Waals surface area contributed by atoms with Gasteiger partial charge in [-0.1, -0.05) is 19.4 Å². The molecule has 3 rings (SSSR count). The van der Waals surface area contributed by atoms with Crippen LogP contribution in [0.2, 0.25) is 0 Å². The standard InChI is InChI=1S/C20H28N2O5S/c1-4-5-10-27-11-6-9-21-18(23)14-12-28-20-13-7-8-15(25-2)17(26-3)16(13)19(24)22(14)20/h7-8,14,20H,4-6,9-12H2,1-3H3,(H,21,23). The molecule has 2 atom stereocenters. The fourth-order valence-corrected chi connectivity index (χ4v) is 5.00. The maximum absolute atomic E-state index is 13.1. The van der Waals surface area contributed by atoms with Gasteiger partial charge in [-0.05, 0) is 18.9 Å². The number of carbonyl (C=O) groups is 2. The zero-order chi connectivity index (χ0) is 20.1. The van der Waals surface area contributed by atoms with Gasteiger partial charge in [0, 0.05) is 31.1 Å². The third kappa shape index (κ3) is 3.93. The van der Waals surface area contributed by atoms with E-state index in [1.165, 1.54) is 7.11 Å². The summed E-state index contributed by atoms with van der Waals surface area (Å²) in [6.07, 6.45) is 2.93. The Morgan fingerprint density at radius 2 is 2.04 bits per heavy atom. The molecule has 0 spiro atoms. The highest BCUT2D eigenvalue weighted by Gasteiger charge is 2.50. The van der Waals surface area contributed by atoms with E-state index in [9.17, 15) is 9.59 Å². The SMILES string of the molecule is CCCCOCCCNC(=O)C1CSC2c3ccc(OC)c(OC)c3C(=O)N12. The maximum Gasteiger partial charge on any atom is 0.260 e. The van der Waals surface area contributed by atoms with Gasteiger partial charge in [0.1, 0.15) is 11.4 Å². The smallest absolute Gasteiger partial charge is 0.260 e. The molecule has 1 aromatic carbocycles. The number of amides is 2. The zero-order valence-corrected chi connectivity index (χ0v) is 17.5. The minimum absolute atomic E-state index is 0.115. The Morgan fingerprint density at radius 1 is 1.25 bits per heavy atom. The number of thioether (sulfide) groups is 1. The molecule has 1 fully saturated rings. The molecule has 28 heavy (non-hydrogen) atoms. The second kappa shape index (κ2) is 9.52. The van der Waals surface area contributed by atoms with Crippen LogP contribution in [-0.4, -0.2) is 62.5 Å². The lowest BCUT2D eigenvalue weighted by Gasteiger charge is -2.22. The van der Waals surface area contributed by atoms with Gasteiger partial charge in [0.2, 0.25) is 5.91 Å². The number of methoxy groups -OCH3 is 2. The van der Waals surface area contributed by atoms with E-state index in [2.05, 4.69) is 12.2 Å². The van der Waals surface area contributed by atoms with Crippen molar-refractivity contribution in [1.29, 1.82) is 0 Å². The Hall–Kier alpha value is -1.93. The Labute approximate surface area is 170 Å². The summed E-state index contributed by atoms with van der Waals surface area (Å²) >= 11 is 1.60. The normalized spacial score (nSPS) is 20.1. The second-order valence-corrected chi connectivity index (χ2v) is 7.90. The largest absolute Gasteiger partial charge is 0.493 e. The highest BCUT2D eigenvalue weighted by atomic mass is 32.2. The molecule has 0 aliphatic carbocycles. The van der Waals surface area contributed by atoms with Crippen LogP contribution < -0.4 is 14.8 Å². The van der Waals surface area contributed by atoms with Gasteiger partial charge >= 0.3 is 0 Å². The van der Waals surface area contributed by atoms with Crippen LogP contribution in [-0.2, 0) is 9.53 Å². The molecule has 1 N–H and O–H groups in total. The summed E-state index contributed by atoms with van der Waals surface area (Å²) in [7, 11) is 3.07. The average molecular weight is 409 g/mol. The van der Waals surface area contributed by atoms with Crippen LogP contribution in [0.1, 0.15) is 47.5 Å². The van der Waals surface area contributed by atoms with Crippen molar-refractivity contribution >= 4 is 23.6 Å². The second-order valence-electron chi connectivity index (χ2n) is 6.79. The number of unbranched alkanes of at least 4 members (excludes halogenated alkanes) is 1. The van der Waals surface area contributed by atoms with Crippen molar-refractivity contribution in [3.8, 4) is 11.5 Å². The fourth-order valence-electron chi connectivity index (χ4n) is 3.55. The van der Waals surface area contributed by atoms with E-state index in [4.69, 9.17) is 14.2 Å². The number of nitrogens with one attached hydrogen (secondary N) is 1. The van der Waals surface area contributed by atoms with Crippen LogP contribution in [0.25, 0.3) is 0 Å². The first-order valence-corrected chi connectivity index (χ1v) is 10.7. The quantitative estimate of drug-likeness (QED) is 0.600. The number of hydrogen-bond acceptors (Lipinski definition) is 6. The van der Waals surface area contributed by atoms with Gasteiger partial charge in [-0.3, -0.25) is 9.59 Å². The van der Waals surface area contributed by atoms with Crippen molar-refractivity contribution in [3.63, 3.8) is 0 Å². The number of rotatable bonds is 10. The number of nitrogens with zero attached hydrogens (tertiary/aromatic N) is 1. The number of hydrogen-bond donors (Lipinski definition) is 1. The molecule has 2 heterocycles. The van der Waals surface area contributed by atoms with Crippen molar-refractivity contribution in [2.75, 3.05) is 39.7 Å². The predicted octanol–water partition coefficient (Wildman–Crippen LogP) is 2.60. The first kappa shape index (κ1) is 20.8. The van der Waals surface area contributed by atoms with Crippen LogP contribution in [0.3, 0.4) is 0 Å². The minimum atomic E-state index is -0.480. The molecule has 1 aromatic rings. The lowest BCUT2D eigenvalue weighted by molar-refractivity contribution is -0.124. The summed E-state index contributed by atoms with van der Waals surface area (Å²) in [5.41, 5.74) is 1.38. The van der Waals surface area contributed by atoms with Gasteiger partial charge in [0.05, 0.1) is 19.8 Å². The lowest BCUT2D eigenvalue weighted by atomic mass is 10.1. The monoisotopic (exact) mass is 408 g/mol. The number of fused-ring (bicyclic) bond motifs is 3. The summed E-state index contributed by atoms with van der Waals surface area (Å²) in [5, 5.41) is 2.79. The predicted molar refractivity (Wildman–Crippen MR) is 108 cm³/mol. The molecular weight excluding hydrogens is 380 g/mol. The van der Waals surface area contributed by atoms with Crippen LogP contribution in [0.5, 0.6) is 11.5 Å². The van der Waals surface area contributed by atoms with Gasteiger partial charge < -0.3 is 24.4 Å². The van der Waals surface area contributed by atoms with E-state index in [0.717, 1.165) is 31.4 Å². The van der Waals surface area contributed by atoms with Crippen LogP contribution in [0.15, 0.2) is 12.1 Å². The Bertz CT molecular complexity index is 727. The molecule has 2 aliphatic heterocycles. The number of ether oxygens (including phenoxy) is 3. The summed E-state index contributed by atoms with van der Waals surface area (Å²) < 4.78 is 16.3. The molecule has 2 unspecified atom stereocenters. The van der Waals surface area contributed by atoms with Crippen molar-refractivity contribution in [2.24, 2.45) is 0 Å². The van der Waals surface area contributed by atoms with Crippen molar-refractivity contribution in [3.05, 3.63) is 23.3 Å². The summed E-state index contributed by atoms with van der Waals surface area (Å²) in [4.78, 5) is 27.4. The van der Waals surface area contributed by atoms with Gasteiger partial charge in [-0.15, -0.1) is 11.8 Å². The van der Waals surface area contributed by atoms with E-state index in [0.29, 0.717) is 36.0 Å². The molecule has 0 bridgehead atoms. The molecule has 0 saturated carbocycles. The first-order valence-electron chi connectivity index (χ1n) is 9.68. The van der Waals surface area contributed by atoms with Gasteiger partial charge in [-0.2, -0.15) is 0 Å². The highest BCUT2D eigenvalue weighted by molar-refractivity contribution is 7.99. The highest BCUT2D eigenvalue weighted by Crippen LogP contribution is 2.52. The third-order valence-corrected chi connectivity index (χ3v) is 6.31. The molecule has 1 saturated heterocycles. The third-order valence-electron chi connectivity index (χ3n) is 5.00. The van der Waals surface area contributed by atoms with Crippen molar-refractivity contribution in [2.45, 2.75) is 37.6 Å². The molecular formula is C20H28N2O5S. The number of carbonyl (C=O) groups excluding carboxylic acids is 2. The van der Waals surface area contributed by atoms with Crippen molar-refractivity contribution in [1.82, 2.24) is 10.2 Å². The van der Waals surface area contributed by atoms with E-state index in [-0.39, 0.29) is 17.2 Å². The molecule has 8 heteroatoms. The van der Waals surface area contributed by atoms with E-state index in [1.54, 1.807) is 29.8 Å². The zero-order valence-electron chi connectivity index (χ0n) is 16.7. The molecule has 2 amide bonds. The lowest BCUT2D eigenvalue weighted by Crippen LogP contribution is -2.46. The topological polar surface area (TPSA) is 77.1 Å². The van der Waals surface area contributed by atoms with E-state index >= 15 is 0 Å². The van der Waals surface area contributed by atoms with Gasteiger partial charge in [-0.25, -0.2) is 0 Å². The van der Waals surface area contributed by atoms with Crippen LogP contribution in [0.4, 0.5) is 0 Å². The summed E-state index contributed by atoms with van der Waals surface area (Å²) in [6, 6.07) is 3.22. The summed E-state index contributed by atoms with van der Waals surface area (Å²) in [5.74, 6) is 1.25. The van der Waals surface area contributed by atoms with Gasteiger partial charge in [0.25, 0.3) is 5.91 Å². The molecule has 7 nitrogen and oxygen atoms in total. The first-order chi connectivity index (χ1) is 13.6. The van der Waals surface area contributed by atoms with E-state index < -0.39 is 6.04 Å². The van der Waals surface area contributed by atoms with E-state index in [1.807, 2.05) is 6.07 Å². The van der Waals surface area contributed by atoms with Crippen LogP contribution >= 0.6 is 11.8 Å². The number of benzene rings is 1. The molecule has 2 aliphatic rings. The maximum atomic E-state index is 13.1. The Balaban J connectivity index is 1.61. The Kier molecular flexibility index (Phi) is 7.07. The summed E-state index contributed by atoms with van der Waals surface area (Å²) in [6.45, 7) is 4.06. The van der Waals surface area contributed by atoms with Crippen LogP contribution in [0, 0.1) is 0 Å². The van der Waals surface area contributed by atoms with Gasteiger partial charge in [0.15, 0.2) is 11.5 Å². The fraction of sp³-hybridized carbons (Fsp3) is 0.600. The Morgan fingerprint density at radius 3 is 2.75 bits per heavy atom.